The molecule has 1 heterocycles. The molecule has 0 fully saturated rings. The molecule has 0 atom stereocenters. The van der Waals surface area contributed by atoms with Gasteiger partial charge in [-0.1, -0.05) is 0 Å². The van der Waals surface area contributed by atoms with Gasteiger partial charge in [-0.3, -0.25) is 0 Å². The van der Waals surface area contributed by atoms with Crippen LogP contribution in [0.4, 0.5) is 0 Å². The van der Waals surface area contributed by atoms with E-state index in [1.165, 1.54) is 9.27 Å². The molecule has 0 saturated carbocycles. The van der Waals surface area contributed by atoms with Crippen molar-refractivity contribution in [3.63, 3.8) is 0 Å². The summed E-state index contributed by atoms with van der Waals surface area (Å²) >= 11 is -2.13. The Bertz CT molecular complexity index is 515. The average Bonchev–Trinajstić information content (AvgIpc) is 2.29. The summed E-state index contributed by atoms with van der Waals surface area (Å²) in [7, 11) is 0. The fourth-order valence-corrected chi connectivity index (χ4v) is 6.75. The SMILES string of the molecule is Cc1cnc(-c2ccccc2)n[c]1[Sn]([CH3])([CH3])[CH3]. The maximum atomic E-state index is 4.80. The van der Waals surface area contributed by atoms with Crippen LogP contribution in [0.1, 0.15) is 5.56 Å². The summed E-state index contributed by atoms with van der Waals surface area (Å²) in [6.45, 7) is 2.12. The van der Waals surface area contributed by atoms with Crippen molar-refractivity contribution in [2.75, 3.05) is 0 Å². The summed E-state index contributed by atoms with van der Waals surface area (Å²) < 4.78 is 1.33. The topological polar surface area (TPSA) is 25.8 Å². The van der Waals surface area contributed by atoms with Gasteiger partial charge in [0.15, 0.2) is 0 Å². The van der Waals surface area contributed by atoms with Crippen molar-refractivity contribution < 1.29 is 0 Å². The Kier molecular flexibility index (Phi) is 3.52. The van der Waals surface area contributed by atoms with E-state index < -0.39 is 18.4 Å². The first kappa shape index (κ1) is 12.6. The predicted molar refractivity (Wildman–Crippen MR) is 75.2 cm³/mol. The molecule has 3 heteroatoms. The molecule has 0 unspecified atom stereocenters. The van der Waals surface area contributed by atoms with Crippen LogP contribution in [0.5, 0.6) is 0 Å². The number of aromatic nitrogens is 2. The fraction of sp³-hybridized carbons (Fsp3) is 0.286. The summed E-state index contributed by atoms with van der Waals surface area (Å²) in [5.41, 5.74) is 2.34. The van der Waals surface area contributed by atoms with Crippen molar-refractivity contribution in [1.82, 2.24) is 9.97 Å². The Morgan fingerprint density at radius 3 is 2.24 bits per heavy atom. The van der Waals surface area contributed by atoms with Gasteiger partial charge >= 0.3 is 107 Å². The van der Waals surface area contributed by atoms with Crippen LogP contribution in [0.15, 0.2) is 36.5 Å². The van der Waals surface area contributed by atoms with E-state index in [1.807, 2.05) is 24.4 Å². The molecule has 0 N–H and O–H groups in total. The normalized spacial score (nSPS) is 11.5. The van der Waals surface area contributed by atoms with Crippen LogP contribution in [0, 0.1) is 6.92 Å². The molecular formula is C14H18N2Sn. The Balaban J connectivity index is 2.53. The minimum atomic E-state index is -2.13. The van der Waals surface area contributed by atoms with E-state index in [9.17, 15) is 0 Å². The quantitative estimate of drug-likeness (QED) is 0.790. The molecule has 0 saturated heterocycles. The van der Waals surface area contributed by atoms with Crippen molar-refractivity contribution in [3.8, 4) is 11.4 Å². The number of rotatable bonds is 2. The van der Waals surface area contributed by atoms with Gasteiger partial charge in [-0.25, -0.2) is 0 Å². The zero-order chi connectivity index (χ0) is 12.5. The van der Waals surface area contributed by atoms with Crippen molar-refractivity contribution >= 4 is 22.1 Å². The summed E-state index contributed by atoms with van der Waals surface area (Å²) in [5, 5.41) is 0. The van der Waals surface area contributed by atoms with Gasteiger partial charge in [-0.15, -0.1) is 0 Å². The Hall–Kier alpha value is -0.901. The third-order valence-electron chi connectivity index (χ3n) is 2.71. The second-order valence-corrected chi connectivity index (χ2v) is 19.5. The molecule has 2 aromatic rings. The fourth-order valence-electron chi connectivity index (χ4n) is 1.93. The molecule has 2 nitrogen and oxygen atoms in total. The Labute approximate surface area is 107 Å². The molecule has 0 aliphatic rings. The van der Waals surface area contributed by atoms with E-state index in [4.69, 9.17) is 4.98 Å². The Morgan fingerprint density at radius 1 is 1.00 bits per heavy atom. The van der Waals surface area contributed by atoms with Crippen LogP contribution in [0.2, 0.25) is 14.8 Å². The van der Waals surface area contributed by atoms with E-state index in [0.717, 1.165) is 11.4 Å². The number of nitrogens with zero attached hydrogens (tertiary/aromatic N) is 2. The van der Waals surface area contributed by atoms with Crippen LogP contribution in [-0.4, -0.2) is 28.3 Å². The first-order chi connectivity index (χ1) is 7.98. The van der Waals surface area contributed by atoms with Gasteiger partial charge in [-0.2, -0.15) is 0 Å². The maximum absolute atomic E-state index is 4.80. The molecule has 1 aromatic carbocycles. The van der Waals surface area contributed by atoms with Crippen LogP contribution < -0.4 is 3.71 Å². The molecule has 2 rings (SSSR count). The summed E-state index contributed by atoms with van der Waals surface area (Å²) in [5.74, 6) is 0.859. The molecule has 0 aliphatic carbocycles. The summed E-state index contributed by atoms with van der Waals surface area (Å²) in [6.07, 6.45) is 1.97. The zero-order valence-electron chi connectivity index (χ0n) is 10.9. The van der Waals surface area contributed by atoms with Gasteiger partial charge in [0.05, 0.1) is 0 Å². The zero-order valence-corrected chi connectivity index (χ0v) is 13.7. The monoisotopic (exact) mass is 334 g/mol. The Morgan fingerprint density at radius 2 is 1.65 bits per heavy atom. The van der Waals surface area contributed by atoms with Gasteiger partial charge < -0.3 is 0 Å². The molecule has 17 heavy (non-hydrogen) atoms. The van der Waals surface area contributed by atoms with E-state index >= 15 is 0 Å². The first-order valence-corrected chi connectivity index (χ1v) is 15.9. The summed E-state index contributed by atoms with van der Waals surface area (Å²) in [6, 6.07) is 10.2. The third kappa shape index (κ3) is 2.86. The molecule has 0 bridgehead atoms. The van der Waals surface area contributed by atoms with Gasteiger partial charge in [0, 0.05) is 0 Å². The van der Waals surface area contributed by atoms with Crippen molar-refractivity contribution in [3.05, 3.63) is 42.1 Å². The molecular weight excluding hydrogens is 315 g/mol. The molecule has 0 amide bonds. The number of hydrogen-bond donors (Lipinski definition) is 0. The van der Waals surface area contributed by atoms with Crippen LogP contribution in [0.3, 0.4) is 0 Å². The first-order valence-electron chi connectivity index (χ1n) is 5.88. The van der Waals surface area contributed by atoms with E-state index in [-0.39, 0.29) is 0 Å². The van der Waals surface area contributed by atoms with Crippen LogP contribution >= 0.6 is 0 Å². The molecule has 1 aromatic heterocycles. The number of aryl methyl sites for hydroxylation is 1. The number of hydrogen-bond acceptors (Lipinski definition) is 2. The minimum absolute atomic E-state index is 0.859. The second-order valence-electron chi connectivity index (χ2n) is 5.34. The van der Waals surface area contributed by atoms with Gasteiger partial charge in [0.1, 0.15) is 0 Å². The van der Waals surface area contributed by atoms with Crippen molar-refractivity contribution in [1.29, 1.82) is 0 Å². The number of benzene rings is 1. The molecule has 0 radical (unpaired) electrons. The van der Waals surface area contributed by atoms with Crippen molar-refractivity contribution in [2.45, 2.75) is 21.7 Å². The predicted octanol–water partition coefficient (Wildman–Crippen LogP) is 3.00. The van der Waals surface area contributed by atoms with E-state index in [0.29, 0.717) is 0 Å². The molecule has 0 spiro atoms. The van der Waals surface area contributed by atoms with E-state index in [2.05, 4.69) is 38.9 Å². The second kappa shape index (κ2) is 4.76. The molecule has 0 aliphatic heterocycles. The summed E-state index contributed by atoms with van der Waals surface area (Å²) in [4.78, 5) is 16.4. The van der Waals surface area contributed by atoms with E-state index in [1.54, 1.807) is 0 Å². The van der Waals surface area contributed by atoms with Crippen LogP contribution in [-0.2, 0) is 0 Å². The van der Waals surface area contributed by atoms with Crippen LogP contribution in [0.25, 0.3) is 11.4 Å². The third-order valence-corrected chi connectivity index (χ3v) is 8.21. The molecule has 88 valence electrons. The standard InChI is InChI=1S/C11H9N2.3CH3.Sn/c1-9-7-12-11(13-8-9)10-5-3-2-4-6-10;;;;/h2-7H,1H3;3*1H3;. The van der Waals surface area contributed by atoms with Crippen molar-refractivity contribution in [2.24, 2.45) is 0 Å². The van der Waals surface area contributed by atoms with Gasteiger partial charge in [0.25, 0.3) is 0 Å². The van der Waals surface area contributed by atoms with Gasteiger partial charge in [-0.05, 0) is 0 Å². The average molecular weight is 333 g/mol. The van der Waals surface area contributed by atoms with Gasteiger partial charge in [0.2, 0.25) is 0 Å².